The molecule has 23 heavy (non-hydrogen) atoms. The van der Waals surface area contributed by atoms with Crippen LogP contribution < -0.4 is 5.32 Å². The van der Waals surface area contributed by atoms with Crippen LogP contribution in [-0.2, 0) is 19.1 Å². The molecule has 0 unspecified atom stereocenters. The minimum Gasteiger partial charge on any atom is -0.452 e. The molecule has 6 nitrogen and oxygen atoms in total. The van der Waals surface area contributed by atoms with Crippen LogP contribution in [-0.4, -0.2) is 56.2 Å². The maximum absolute atomic E-state index is 11.7. The second kappa shape index (κ2) is 9.68. The predicted molar refractivity (Wildman–Crippen MR) is 89.9 cm³/mol. The highest BCUT2D eigenvalue weighted by Crippen LogP contribution is 2.15. The zero-order chi connectivity index (χ0) is 17.2. The Hall–Kier alpha value is -2.28. The van der Waals surface area contributed by atoms with Crippen molar-refractivity contribution in [2.75, 3.05) is 33.5 Å². The molecule has 1 N–H and O–H groups in total. The van der Waals surface area contributed by atoms with E-state index in [1.807, 2.05) is 30.5 Å². The molecule has 0 saturated carbocycles. The van der Waals surface area contributed by atoms with Crippen molar-refractivity contribution in [2.45, 2.75) is 4.90 Å². The van der Waals surface area contributed by atoms with Crippen molar-refractivity contribution in [1.29, 1.82) is 0 Å². The van der Waals surface area contributed by atoms with Gasteiger partial charge < -0.3 is 15.0 Å². The lowest BCUT2D eigenvalue weighted by Crippen LogP contribution is -2.38. The van der Waals surface area contributed by atoms with E-state index in [2.05, 4.69) is 5.32 Å². The Labute approximate surface area is 139 Å². The van der Waals surface area contributed by atoms with Gasteiger partial charge in [-0.15, -0.1) is 11.8 Å². The Morgan fingerprint density at radius 1 is 1.26 bits per heavy atom. The average Bonchev–Trinajstić information content (AvgIpc) is 2.57. The Morgan fingerprint density at radius 3 is 2.48 bits per heavy atom. The Bertz CT molecular complexity index is 584. The average molecular weight is 336 g/mol. The second-order valence-corrected chi connectivity index (χ2v) is 5.52. The topological polar surface area (TPSA) is 75.7 Å². The van der Waals surface area contributed by atoms with Crippen molar-refractivity contribution in [1.82, 2.24) is 10.2 Å². The quantitative estimate of drug-likeness (QED) is 0.459. The second-order valence-electron chi connectivity index (χ2n) is 4.64. The van der Waals surface area contributed by atoms with Gasteiger partial charge in [0.25, 0.3) is 5.91 Å². The number of ether oxygens (including phenoxy) is 1. The van der Waals surface area contributed by atoms with Crippen LogP contribution in [0.25, 0.3) is 6.08 Å². The smallest absolute Gasteiger partial charge is 0.331 e. The number of likely N-dealkylation sites (N-methyl/N-ethyl adjacent to an activating group) is 2. The number of rotatable bonds is 7. The lowest BCUT2D eigenvalue weighted by Gasteiger charge is -2.15. The van der Waals surface area contributed by atoms with Crippen molar-refractivity contribution < 1.29 is 19.1 Å². The summed E-state index contributed by atoms with van der Waals surface area (Å²) in [7, 11) is 2.95. The molecule has 0 atom stereocenters. The van der Waals surface area contributed by atoms with Crippen LogP contribution in [0.3, 0.4) is 0 Å². The number of thioether (sulfide) groups is 1. The van der Waals surface area contributed by atoms with Gasteiger partial charge in [0, 0.05) is 25.1 Å². The zero-order valence-electron chi connectivity index (χ0n) is 13.4. The molecular formula is C16H20N2O4S. The summed E-state index contributed by atoms with van der Waals surface area (Å²) in [6.07, 6.45) is 4.87. The fraction of sp³-hybridized carbons (Fsp3) is 0.312. The molecule has 0 heterocycles. The summed E-state index contributed by atoms with van der Waals surface area (Å²) < 4.78 is 4.85. The molecule has 0 aromatic heterocycles. The molecule has 0 aliphatic rings. The number of hydrogen-bond donors (Lipinski definition) is 1. The molecule has 0 fully saturated rings. The third-order valence-corrected chi connectivity index (χ3v) is 3.69. The van der Waals surface area contributed by atoms with Crippen LogP contribution in [0.15, 0.2) is 35.2 Å². The van der Waals surface area contributed by atoms with Crippen molar-refractivity contribution in [3.05, 3.63) is 35.9 Å². The first-order valence-electron chi connectivity index (χ1n) is 6.89. The van der Waals surface area contributed by atoms with Crippen LogP contribution in [0.4, 0.5) is 0 Å². The molecule has 0 saturated heterocycles. The van der Waals surface area contributed by atoms with Crippen molar-refractivity contribution in [3.63, 3.8) is 0 Å². The van der Waals surface area contributed by atoms with Gasteiger partial charge in [-0.2, -0.15) is 0 Å². The number of amides is 2. The van der Waals surface area contributed by atoms with Gasteiger partial charge in [-0.05, 0) is 30.0 Å². The monoisotopic (exact) mass is 336 g/mol. The van der Waals surface area contributed by atoms with E-state index in [1.54, 1.807) is 17.8 Å². The van der Waals surface area contributed by atoms with Gasteiger partial charge in [-0.1, -0.05) is 12.1 Å². The number of nitrogens with one attached hydrogen (secondary N) is 1. The number of hydrogen-bond acceptors (Lipinski definition) is 5. The predicted octanol–water partition coefficient (Wildman–Crippen LogP) is 1.17. The third kappa shape index (κ3) is 7.01. The highest BCUT2D eigenvalue weighted by Gasteiger charge is 2.13. The van der Waals surface area contributed by atoms with Crippen LogP contribution in [0.2, 0.25) is 0 Å². The summed E-state index contributed by atoms with van der Waals surface area (Å²) in [5, 5.41) is 2.41. The van der Waals surface area contributed by atoms with Crippen LogP contribution in [0.5, 0.6) is 0 Å². The summed E-state index contributed by atoms with van der Waals surface area (Å²) >= 11 is 1.64. The molecular weight excluding hydrogens is 316 g/mol. The van der Waals surface area contributed by atoms with Gasteiger partial charge in [-0.25, -0.2) is 4.79 Å². The normalized spacial score (nSPS) is 10.4. The van der Waals surface area contributed by atoms with Gasteiger partial charge in [0.05, 0.1) is 6.54 Å². The van der Waals surface area contributed by atoms with E-state index in [-0.39, 0.29) is 12.5 Å². The van der Waals surface area contributed by atoms with E-state index in [9.17, 15) is 14.4 Å². The van der Waals surface area contributed by atoms with Gasteiger partial charge in [0.1, 0.15) is 0 Å². The molecule has 0 spiro atoms. The number of esters is 1. The third-order valence-electron chi connectivity index (χ3n) is 2.95. The molecule has 0 aliphatic heterocycles. The first-order valence-corrected chi connectivity index (χ1v) is 8.12. The molecule has 0 bridgehead atoms. The largest absolute Gasteiger partial charge is 0.452 e. The van der Waals surface area contributed by atoms with Crippen molar-refractivity contribution in [3.8, 4) is 0 Å². The maximum Gasteiger partial charge on any atom is 0.331 e. The van der Waals surface area contributed by atoms with Crippen LogP contribution in [0.1, 0.15) is 5.56 Å². The van der Waals surface area contributed by atoms with E-state index in [1.165, 1.54) is 25.1 Å². The molecule has 124 valence electrons. The summed E-state index contributed by atoms with van der Waals surface area (Å²) in [4.78, 5) is 36.7. The molecule has 7 heteroatoms. The number of carbonyl (C=O) groups excluding carboxylic acids is 3. The number of nitrogens with zero attached hydrogens (tertiary/aromatic N) is 1. The highest BCUT2D eigenvalue weighted by molar-refractivity contribution is 7.98. The maximum atomic E-state index is 11.7. The Kier molecular flexibility index (Phi) is 7.90. The Balaban J connectivity index is 2.42. The molecule has 1 aromatic carbocycles. The van der Waals surface area contributed by atoms with Crippen LogP contribution in [0, 0.1) is 0 Å². The fourth-order valence-electron chi connectivity index (χ4n) is 1.55. The van der Waals surface area contributed by atoms with Gasteiger partial charge >= 0.3 is 5.97 Å². The molecule has 1 aromatic rings. The lowest BCUT2D eigenvalue weighted by atomic mass is 10.2. The van der Waals surface area contributed by atoms with Gasteiger partial charge in [0.2, 0.25) is 5.91 Å². The SMILES string of the molecule is CNC(=O)CN(C)C(=O)COC(=O)/C=C/c1ccc(SC)cc1. The Morgan fingerprint density at radius 2 is 1.91 bits per heavy atom. The van der Waals surface area contributed by atoms with Crippen LogP contribution >= 0.6 is 11.8 Å². The highest BCUT2D eigenvalue weighted by atomic mass is 32.2. The van der Waals surface area contributed by atoms with E-state index < -0.39 is 18.5 Å². The summed E-state index contributed by atoms with van der Waals surface area (Å²) in [6.45, 7) is -0.480. The summed E-state index contributed by atoms with van der Waals surface area (Å²) in [5.74, 6) is -1.35. The first kappa shape index (κ1) is 18.8. The summed E-state index contributed by atoms with van der Waals surface area (Å²) in [5.41, 5.74) is 0.864. The van der Waals surface area contributed by atoms with Crippen molar-refractivity contribution >= 4 is 35.6 Å². The van der Waals surface area contributed by atoms with E-state index in [0.29, 0.717) is 0 Å². The van der Waals surface area contributed by atoms with Gasteiger partial charge in [-0.3, -0.25) is 9.59 Å². The minimum atomic E-state index is -0.611. The minimum absolute atomic E-state index is 0.0789. The fourth-order valence-corrected chi connectivity index (χ4v) is 1.96. The van der Waals surface area contributed by atoms with Gasteiger partial charge in [0.15, 0.2) is 6.61 Å². The number of benzene rings is 1. The van der Waals surface area contributed by atoms with E-state index in [4.69, 9.17) is 4.74 Å². The zero-order valence-corrected chi connectivity index (χ0v) is 14.2. The standard InChI is InChI=1S/C16H20N2O4S/c1-17-14(19)10-18(2)15(20)11-22-16(21)9-6-12-4-7-13(23-3)8-5-12/h4-9H,10-11H2,1-3H3,(H,17,19)/b9-6+. The van der Waals surface area contributed by atoms with E-state index >= 15 is 0 Å². The summed E-state index contributed by atoms with van der Waals surface area (Å²) in [6, 6.07) is 7.68. The molecule has 2 amide bonds. The van der Waals surface area contributed by atoms with E-state index in [0.717, 1.165) is 10.5 Å². The molecule has 1 rings (SSSR count). The molecule has 0 aliphatic carbocycles. The lowest BCUT2D eigenvalue weighted by molar-refractivity contribution is -0.148. The molecule has 0 radical (unpaired) electrons. The first-order chi connectivity index (χ1) is 11.0. The number of carbonyl (C=O) groups is 3. The van der Waals surface area contributed by atoms with Crippen molar-refractivity contribution in [2.24, 2.45) is 0 Å².